The molecule has 0 bridgehead atoms. The summed E-state index contributed by atoms with van der Waals surface area (Å²) in [5, 5.41) is 46.7. The average molecular weight is 1860 g/mol. The van der Waals surface area contributed by atoms with Crippen molar-refractivity contribution >= 4 is 95.6 Å². The summed E-state index contributed by atoms with van der Waals surface area (Å²) in [5.41, 5.74) is 6.68. The van der Waals surface area contributed by atoms with Crippen molar-refractivity contribution in [3.8, 4) is 0 Å². The first kappa shape index (κ1) is 80.0. The van der Waals surface area contributed by atoms with Gasteiger partial charge in [0.2, 0.25) is 0 Å². The molecule has 0 fully saturated rings. The van der Waals surface area contributed by atoms with Crippen LogP contribution >= 0.6 is 95.6 Å². The van der Waals surface area contributed by atoms with Crippen molar-refractivity contribution in [2.45, 2.75) is 157 Å². The van der Waals surface area contributed by atoms with Crippen molar-refractivity contribution in [2.75, 3.05) is 0 Å². The van der Waals surface area contributed by atoms with Gasteiger partial charge in [0.1, 0.15) is 0 Å². The van der Waals surface area contributed by atoms with Gasteiger partial charge < -0.3 is 61.2 Å². The van der Waals surface area contributed by atoms with Gasteiger partial charge in [-0.25, -0.2) is 0 Å². The van der Waals surface area contributed by atoms with Crippen LogP contribution < -0.4 is 30.6 Å². The molecule has 0 aliphatic heterocycles. The van der Waals surface area contributed by atoms with Crippen LogP contribution in [-0.4, -0.2) is 30.6 Å². The van der Waals surface area contributed by atoms with Crippen molar-refractivity contribution in [1.82, 2.24) is 61.2 Å². The number of rotatable bonds is 0. The van der Waals surface area contributed by atoms with Crippen molar-refractivity contribution in [3.63, 3.8) is 0 Å². The Kier molecular flexibility index (Phi) is 42.4. The zero-order chi connectivity index (χ0) is 46.7. The molecule has 6 heterocycles. The van der Waals surface area contributed by atoms with Crippen LogP contribution in [0.3, 0.4) is 0 Å². The third-order valence-corrected chi connectivity index (χ3v) is 11.1. The molecule has 0 aromatic carbocycles. The first-order valence-electron chi connectivity index (χ1n) is 19.0. The Hall–Kier alpha value is 2.58. The molecular weight excluding hydrogens is 1800 g/mol. The fourth-order valence-electron chi connectivity index (χ4n) is 4.53. The van der Waals surface area contributed by atoms with Gasteiger partial charge >= 0.3 is 134 Å². The maximum Gasteiger partial charge on any atom is 1.00 e. The molecule has 24 heteroatoms. The van der Waals surface area contributed by atoms with E-state index in [0.29, 0.717) is 0 Å². The number of aromatic nitrogens is 12. The zero-order valence-corrected chi connectivity index (χ0v) is 58.3. The summed E-state index contributed by atoms with van der Waals surface area (Å²) in [6.07, 6.45) is 10.3. The van der Waals surface area contributed by atoms with Gasteiger partial charge in [-0.05, 0) is 27.1 Å². The average Bonchev–Trinajstić information content (AvgIpc) is 3.90. The number of nitrogens with zero attached hydrogens (tertiary/aromatic N) is 12. The molecule has 0 spiro atoms. The molecule has 12 nitrogen and oxygen atoms in total. The number of hydrogen-bond acceptors (Lipinski definition) is 6. The predicted octanol–water partition coefficient (Wildman–Crippen LogP) is 12.6. The molecule has 0 atom stereocenters. The largest absolute Gasteiger partial charge is 1.00 e. The van der Waals surface area contributed by atoms with Crippen LogP contribution in [0, 0.1) is 0 Å². The van der Waals surface area contributed by atoms with E-state index >= 15 is 0 Å². The molecule has 6 rings (SSSR count). The maximum atomic E-state index is 3.99. The molecule has 0 amide bonds. The second-order valence-electron chi connectivity index (χ2n) is 19.7. The number of halogens is 6. The van der Waals surface area contributed by atoms with E-state index in [0.717, 1.165) is 61.0 Å². The second-order valence-corrected chi connectivity index (χ2v) is 24.9. The normalized spacial score (nSPS) is 10.9. The molecule has 396 valence electrons. The van der Waals surface area contributed by atoms with E-state index in [4.69, 9.17) is 0 Å². The SMILES string of the molecule is CC(C)(C)c1[n-]ncc1Br.CC(C)(C)c1[n-]ncc1Br.CC(C)(C)c1[n-]ncc1Br.CC(C)(C)c1[n-]ncc1Br.CC(C)(C)c1[n-]ncc1Br.CC(C)(C)c1n[n-]cc1Br.[Ag+].[Ag+].[Ag+].[Ag+].[Ag+].[Ag+]. The Morgan fingerprint density at radius 2 is 0.485 bits per heavy atom. The van der Waals surface area contributed by atoms with Crippen LogP contribution in [0.5, 0.6) is 0 Å². The Morgan fingerprint density at radius 3 is 0.545 bits per heavy atom. The van der Waals surface area contributed by atoms with Gasteiger partial charge in [0, 0.05) is 68.9 Å². The van der Waals surface area contributed by atoms with Crippen molar-refractivity contribution < 1.29 is 134 Å². The fourth-order valence-corrected chi connectivity index (χ4v) is 9.12. The summed E-state index contributed by atoms with van der Waals surface area (Å²) in [7, 11) is 0. The van der Waals surface area contributed by atoms with E-state index in [1.165, 1.54) is 0 Å². The molecule has 0 aliphatic rings. The summed E-state index contributed by atoms with van der Waals surface area (Å²) in [5.74, 6) is 0. The van der Waals surface area contributed by atoms with E-state index in [2.05, 4.69) is 281 Å². The van der Waals surface area contributed by atoms with Crippen LogP contribution in [0.15, 0.2) is 64.0 Å². The zero-order valence-electron chi connectivity index (χ0n) is 39.9. The summed E-state index contributed by atoms with van der Waals surface area (Å²) in [6, 6.07) is 0. The standard InChI is InChI=1S/6C7H10BrN2.6Ag/c6*1-7(2,3)6-5(8)4-9-10-6;;;;;;/h6*4H,1-3H3;;;;;;/q6*-1;6*+1. The Bertz CT molecular complexity index is 1750. The van der Waals surface area contributed by atoms with E-state index in [9.17, 15) is 0 Å². The van der Waals surface area contributed by atoms with Crippen molar-refractivity contribution in [3.05, 3.63) is 98.2 Å². The van der Waals surface area contributed by atoms with E-state index in [-0.39, 0.29) is 167 Å². The summed E-state index contributed by atoms with van der Waals surface area (Å²) < 4.78 is 6.00. The third kappa shape index (κ3) is 29.5. The van der Waals surface area contributed by atoms with Gasteiger partial charge in [-0.3, -0.25) is 0 Å². The molecule has 0 aliphatic carbocycles. The van der Waals surface area contributed by atoms with E-state index in [1.807, 2.05) is 0 Å². The van der Waals surface area contributed by atoms with Crippen molar-refractivity contribution in [2.24, 2.45) is 0 Å². The van der Waals surface area contributed by atoms with Crippen LogP contribution in [0.4, 0.5) is 0 Å². The van der Waals surface area contributed by atoms with Crippen LogP contribution in [-0.2, 0) is 167 Å². The molecule has 0 saturated heterocycles. The first-order valence-corrected chi connectivity index (χ1v) is 23.7. The number of hydrogen-bond donors (Lipinski definition) is 0. The van der Waals surface area contributed by atoms with Crippen LogP contribution in [0.25, 0.3) is 0 Å². The second kappa shape index (κ2) is 35.0. The molecular formula is C42H60Ag6Br6N12. The topological polar surface area (TPSA) is 162 Å². The maximum absolute atomic E-state index is 3.99. The van der Waals surface area contributed by atoms with Crippen molar-refractivity contribution in [1.29, 1.82) is 0 Å². The molecule has 6 aromatic rings. The molecule has 0 radical (unpaired) electrons. The predicted molar refractivity (Wildman–Crippen MR) is 264 cm³/mol. The minimum absolute atomic E-state index is 0. The monoisotopic (exact) mass is 1850 g/mol. The van der Waals surface area contributed by atoms with Gasteiger partial charge in [0.15, 0.2) is 0 Å². The van der Waals surface area contributed by atoms with Gasteiger partial charge in [-0.2, -0.15) is 0 Å². The molecule has 66 heavy (non-hydrogen) atoms. The Labute approximate surface area is 538 Å². The quantitative estimate of drug-likeness (QED) is 0.133. The summed E-state index contributed by atoms with van der Waals surface area (Å²) in [4.78, 5) is 0. The summed E-state index contributed by atoms with van der Waals surface area (Å²) in [6.45, 7) is 38.0. The fraction of sp³-hybridized carbons (Fsp3) is 0.571. The smallest absolute Gasteiger partial charge is 0.581 e. The van der Waals surface area contributed by atoms with Crippen LogP contribution in [0.1, 0.15) is 159 Å². The minimum Gasteiger partial charge on any atom is -0.581 e. The Balaban J connectivity index is -0.000000161. The molecule has 0 saturated carbocycles. The van der Waals surface area contributed by atoms with E-state index in [1.54, 1.807) is 37.2 Å². The van der Waals surface area contributed by atoms with Gasteiger partial charge in [0.05, 0.1) is 0 Å². The third-order valence-electron chi connectivity index (χ3n) is 7.59. The molecule has 6 aromatic heterocycles. The van der Waals surface area contributed by atoms with E-state index < -0.39 is 0 Å². The molecule has 0 N–H and O–H groups in total. The van der Waals surface area contributed by atoms with Gasteiger partial charge in [-0.1, -0.05) is 220 Å². The van der Waals surface area contributed by atoms with Gasteiger partial charge in [0.25, 0.3) is 0 Å². The molecule has 0 unspecified atom stereocenters. The van der Waals surface area contributed by atoms with Gasteiger partial charge in [-0.15, -0.1) is 34.7 Å². The summed E-state index contributed by atoms with van der Waals surface area (Å²) >= 11 is 20.3. The minimum atomic E-state index is 0. The van der Waals surface area contributed by atoms with Crippen LogP contribution in [0.2, 0.25) is 0 Å². The first-order chi connectivity index (χ1) is 27.1. The Morgan fingerprint density at radius 1 is 0.303 bits per heavy atom.